The summed E-state index contributed by atoms with van der Waals surface area (Å²) in [4.78, 5) is 11.0. The zero-order chi connectivity index (χ0) is 12.6. The van der Waals surface area contributed by atoms with Crippen LogP contribution in [0, 0.1) is 22.7 Å². The lowest BCUT2D eigenvalue weighted by atomic mass is 10.1. The first-order valence-corrected chi connectivity index (χ1v) is 4.13. The highest BCUT2D eigenvalue weighted by molar-refractivity contribution is 5.74. The van der Waals surface area contributed by atoms with Crippen LogP contribution in [0.5, 0.6) is 0 Å². The number of allylic oxidation sites excluding steroid dienone is 2. The van der Waals surface area contributed by atoms with Gasteiger partial charge in [-0.2, -0.15) is 10.5 Å². The van der Waals surface area contributed by atoms with Crippen molar-refractivity contribution in [2.24, 2.45) is 0 Å². The quantitative estimate of drug-likeness (QED) is 0.328. The molecule has 0 aliphatic carbocycles. The maximum Gasteiger partial charge on any atom is 0.310 e. The van der Waals surface area contributed by atoms with Crippen molar-refractivity contribution in [3.8, 4) is 12.1 Å². The number of esters is 1. The highest BCUT2D eigenvalue weighted by Gasteiger charge is 2.11. The average Bonchev–Trinajstić information content (AvgIpc) is 2.29. The standard InChI is InChI=1S/C10H10N2O4/c1-15-9(13)3-7(4-10(14)16-2)8(5-11)6-12/h3,13H,4H2,1-2H3. The van der Waals surface area contributed by atoms with Crippen molar-refractivity contribution >= 4 is 5.97 Å². The van der Waals surface area contributed by atoms with Gasteiger partial charge in [-0.25, -0.2) is 0 Å². The summed E-state index contributed by atoms with van der Waals surface area (Å²) in [7, 11) is 2.39. The van der Waals surface area contributed by atoms with E-state index in [0.29, 0.717) is 0 Å². The Morgan fingerprint density at radius 2 is 1.88 bits per heavy atom. The molecule has 0 aromatic heterocycles. The van der Waals surface area contributed by atoms with Gasteiger partial charge in [0.25, 0.3) is 5.95 Å². The summed E-state index contributed by atoms with van der Waals surface area (Å²) in [5, 5.41) is 26.4. The van der Waals surface area contributed by atoms with Gasteiger partial charge in [0, 0.05) is 6.08 Å². The van der Waals surface area contributed by atoms with Crippen molar-refractivity contribution < 1.29 is 19.4 Å². The Kier molecular flexibility index (Phi) is 5.84. The van der Waals surface area contributed by atoms with Gasteiger partial charge in [0.05, 0.1) is 20.6 Å². The van der Waals surface area contributed by atoms with Gasteiger partial charge in [-0.3, -0.25) is 4.79 Å². The summed E-state index contributed by atoms with van der Waals surface area (Å²) < 4.78 is 8.84. The summed E-state index contributed by atoms with van der Waals surface area (Å²) >= 11 is 0. The molecule has 1 N–H and O–H groups in total. The lowest BCUT2D eigenvalue weighted by Crippen LogP contribution is -2.03. The SMILES string of the molecule is COC(=O)CC(C=C(O)OC)=C(C#N)C#N. The molecule has 0 amide bonds. The van der Waals surface area contributed by atoms with Crippen LogP contribution in [0.25, 0.3) is 0 Å². The molecule has 0 heterocycles. The number of aliphatic hydroxyl groups excluding tert-OH is 1. The Hall–Kier alpha value is -2.47. The van der Waals surface area contributed by atoms with Gasteiger partial charge in [-0.05, 0) is 5.57 Å². The second kappa shape index (κ2) is 6.91. The third kappa shape index (κ3) is 4.16. The Morgan fingerprint density at radius 3 is 2.25 bits per heavy atom. The first-order chi connectivity index (χ1) is 7.58. The minimum atomic E-state index is -0.627. The van der Waals surface area contributed by atoms with Gasteiger partial charge in [-0.15, -0.1) is 0 Å². The van der Waals surface area contributed by atoms with Gasteiger partial charge in [-0.1, -0.05) is 0 Å². The third-order valence-corrected chi connectivity index (χ3v) is 1.61. The van der Waals surface area contributed by atoms with Crippen LogP contribution in [-0.2, 0) is 14.3 Å². The second-order valence-corrected chi connectivity index (χ2v) is 2.56. The van der Waals surface area contributed by atoms with Crippen LogP contribution in [0.4, 0.5) is 0 Å². The number of nitrogens with zero attached hydrogens (tertiary/aromatic N) is 2. The Morgan fingerprint density at radius 1 is 1.31 bits per heavy atom. The van der Waals surface area contributed by atoms with E-state index in [1.165, 1.54) is 14.2 Å². The van der Waals surface area contributed by atoms with E-state index in [-0.39, 0.29) is 17.6 Å². The number of hydrogen-bond donors (Lipinski definition) is 1. The molecule has 0 aliphatic heterocycles. The number of hydrogen-bond acceptors (Lipinski definition) is 6. The van der Waals surface area contributed by atoms with Crippen LogP contribution in [0.1, 0.15) is 6.42 Å². The summed E-state index contributed by atoms with van der Waals surface area (Å²) in [5.41, 5.74) is -0.245. The molecule has 0 unspecified atom stereocenters. The fraction of sp³-hybridized carbons (Fsp3) is 0.300. The number of carbonyl (C=O) groups excluding carboxylic acids is 1. The van der Waals surface area contributed by atoms with E-state index in [9.17, 15) is 4.79 Å². The highest BCUT2D eigenvalue weighted by Crippen LogP contribution is 2.12. The molecule has 0 saturated heterocycles. The van der Waals surface area contributed by atoms with E-state index in [0.717, 1.165) is 6.08 Å². The summed E-state index contributed by atoms with van der Waals surface area (Å²) in [6.07, 6.45) is 0.735. The third-order valence-electron chi connectivity index (χ3n) is 1.61. The normalized spacial score (nSPS) is 9.62. The van der Waals surface area contributed by atoms with E-state index in [1.54, 1.807) is 12.1 Å². The van der Waals surface area contributed by atoms with Crippen molar-refractivity contribution in [3.05, 3.63) is 23.2 Å². The maximum absolute atomic E-state index is 11.0. The molecule has 0 fully saturated rings. The van der Waals surface area contributed by atoms with Gasteiger partial charge in [0.1, 0.15) is 17.7 Å². The summed E-state index contributed by atoms with van der Waals surface area (Å²) in [6, 6.07) is 3.22. The molecule has 16 heavy (non-hydrogen) atoms. The molecule has 0 radical (unpaired) electrons. The smallest absolute Gasteiger partial charge is 0.310 e. The molecule has 0 rings (SSSR count). The first kappa shape index (κ1) is 13.5. The number of methoxy groups -OCH3 is 2. The highest BCUT2D eigenvalue weighted by atomic mass is 16.6. The molecule has 0 aromatic rings. The van der Waals surface area contributed by atoms with Crippen molar-refractivity contribution in [3.63, 3.8) is 0 Å². The van der Waals surface area contributed by atoms with Crippen molar-refractivity contribution in [2.75, 3.05) is 14.2 Å². The van der Waals surface area contributed by atoms with Crippen LogP contribution < -0.4 is 0 Å². The van der Waals surface area contributed by atoms with E-state index in [1.807, 2.05) is 0 Å². The number of ether oxygens (including phenoxy) is 2. The van der Waals surface area contributed by atoms with E-state index < -0.39 is 11.9 Å². The molecule has 0 saturated carbocycles. The minimum absolute atomic E-state index is 0.0381. The Labute approximate surface area is 92.6 Å². The number of aliphatic hydroxyl groups is 1. The fourth-order valence-electron chi connectivity index (χ4n) is 0.816. The largest absolute Gasteiger partial charge is 0.481 e. The van der Waals surface area contributed by atoms with Gasteiger partial charge in [0.15, 0.2) is 0 Å². The maximum atomic E-state index is 11.0. The lowest BCUT2D eigenvalue weighted by molar-refractivity contribution is -0.139. The van der Waals surface area contributed by atoms with Crippen LogP contribution in [0.2, 0.25) is 0 Å². The van der Waals surface area contributed by atoms with Crippen LogP contribution in [0.15, 0.2) is 23.2 Å². The zero-order valence-corrected chi connectivity index (χ0v) is 8.85. The summed E-state index contributed by atoms with van der Waals surface area (Å²) in [5.74, 6) is -1.12. The number of carbonyl (C=O) groups is 1. The lowest BCUT2D eigenvalue weighted by Gasteiger charge is -2.02. The van der Waals surface area contributed by atoms with Gasteiger partial charge in [0.2, 0.25) is 0 Å². The van der Waals surface area contributed by atoms with Crippen molar-refractivity contribution in [2.45, 2.75) is 6.42 Å². The average molecular weight is 222 g/mol. The van der Waals surface area contributed by atoms with E-state index in [2.05, 4.69) is 9.47 Å². The van der Waals surface area contributed by atoms with Crippen molar-refractivity contribution in [1.29, 1.82) is 10.5 Å². The summed E-state index contributed by atoms with van der Waals surface area (Å²) in [6.45, 7) is 0. The van der Waals surface area contributed by atoms with Gasteiger partial charge >= 0.3 is 5.97 Å². The Balaban J connectivity index is 5.25. The van der Waals surface area contributed by atoms with E-state index in [4.69, 9.17) is 15.6 Å². The molecular formula is C10H10N2O4. The molecule has 6 heteroatoms. The molecule has 0 bridgehead atoms. The predicted molar refractivity (Wildman–Crippen MR) is 52.6 cm³/mol. The van der Waals surface area contributed by atoms with E-state index >= 15 is 0 Å². The monoisotopic (exact) mass is 222 g/mol. The van der Waals surface area contributed by atoms with Gasteiger partial charge < -0.3 is 14.6 Å². The molecule has 0 spiro atoms. The second-order valence-electron chi connectivity index (χ2n) is 2.56. The van der Waals surface area contributed by atoms with Crippen LogP contribution in [0.3, 0.4) is 0 Å². The minimum Gasteiger partial charge on any atom is -0.481 e. The molecule has 6 nitrogen and oxygen atoms in total. The molecule has 0 aliphatic rings. The molecule has 0 atom stereocenters. The predicted octanol–water partition coefficient (Wildman–Crippen LogP) is 0.939. The van der Waals surface area contributed by atoms with Crippen LogP contribution >= 0.6 is 0 Å². The van der Waals surface area contributed by atoms with Crippen molar-refractivity contribution in [1.82, 2.24) is 0 Å². The van der Waals surface area contributed by atoms with Crippen LogP contribution in [-0.4, -0.2) is 25.3 Å². The molecule has 0 aromatic carbocycles. The number of rotatable bonds is 4. The molecular weight excluding hydrogens is 212 g/mol. The molecule has 84 valence electrons. The Bertz CT molecular complexity index is 394. The number of nitriles is 2. The topological polar surface area (TPSA) is 103 Å². The zero-order valence-electron chi connectivity index (χ0n) is 8.85. The first-order valence-electron chi connectivity index (χ1n) is 4.13. The fourth-order valence-corrected chi connectivity index (χ4v) is 0.816.